The Balaban J connectivity index is 1.56. The third kappa shape index (κ3) is 8.77. The molecule has 45 heavy (non-hydrogen) atoms. The molecule has 0 saturated carbocycles. The molecule has 0 radical (unpaired) electrons. The molecular weight excluding hydrogens is 703 g/mol. The molecule has 3 aromatic rings. The van der Waals surface area contributed by atoms with Gasteiger partial charge in [-0.25, -0.2) is 0 Å². The first kappa shape index (κ1) is 36.5. The van der Waals surface area contributed by atoms with E-state index in [-0.39, 0.29) is 32.3 Å². The van der Waals surface area contributed by atoms with Crippen LogP contribution in [-0.4, -0.2) is 52.1 Å². The van der Waals surface area contributed by atoms with Gasteiger partial charge >= 0.3 is 0 Å². The summed E-state index contributed by atoms with van der Waals surface area (Å²) < 4.78 is 27.9. The second-order valence-electron chi connectivity index (χ2n) is 15.3. The Hall–Kier alpha value is -1.34. The van der Waals surface area contributed by atoms with Gasteiger partial charge in [-0.15, -0.1) is 0 Å². The zero-order chi connectivity index (χ0) is 32.9. The molecule has 246 valence electrons. The second-order valence-corrected chi connectivity index (χ2v) is 25.8. The van der Waals surface area contributed by atoms with E-state index in [1.54, 1.807) is 0 Å². The molecule has 1 heterocycles. The lowest BCUT2D eigenvalue weighted by molar-refractivity contribution is -0.0163. The Bertz CT molecular complexity index is 1270. The van der Waals surface area contributed by atoms with Gasteiger partial charge in [0.05, 0.1) is 38.1 Å². The molecule has 1 fully saturated rings. The number of benzene rings is 3. The fourth-order valence-electron chi connectivity index (χ4n) is 6.15. The second kappa shape index (κ2) is 15.3. The van der Waals surface area contributed by atoms with Gasteiger partial charge in [-0.1, -0.05) is 162 Å². The van der Waals surface area contributed by atoms with Crippen LogP contribution >= 0.6 is 22.6 Å². The van der Waals surface area contributed by atoms with Crippen molar-refractivity contribution >= 4 is 49.6 Å². The number of alkyl halides is 1. The fourth-order valence-corrected chi connectivity index (χ4v) is 12.9. The Kier molecular flexibility index (Phi) is 12.4. The van der Waals surface area contributed by atoms with Crippen molar-refractivity contribution in [3.05, 3.63) is 96.6 Å². The molecule has 0 unspecified atom stereocenters. The van der Waals surface area contributed by atoms with Crippen molar-refractivity contribution < 1.29 is 18.3 Å². The summed E-state index contributed by atoms with van der Waals surface area (Å²) in [5.74, 6) is 0.307. The summed E-state index contributed by atoms with van der Waals surface area (Å²) in [5, 5.41) is 2.62. The van der Waals surface area contributed by atoms with Gasteiger partial charge in [-0.05, 0) is 45.0 Å². The minimum atomic E-state index is -2.67. The van der Waals surface area contributed by atoms with E-state index in [4.69, 9.17) is 18.3 Å². The van der Waals surface area contributed by atoms with Crippen molar-refractivity contribution in [2.45, 2.75) is 107 Å². The zero-order valence-corrected chi connectivity index (χ0v) is 33.0. The molecule has 1 aliphatic heterocycles. The molecule has 0 aromatic heterocycles. The van der Waals surface area contributed by atoms with Crippen LogP contribution in [0.25, 0.3) is 0 Å². The average molecular weight is 759 g/mol. The van der Waals surface area contributed by atoms with Gasteiger partial charge in [0, 0.05) is 10.3 Å². The van der Waals surface area contributed by atoms with Gasteiger partial charge in [0.25, 0.3) is 8.32 Å². The quantitative estimate of drug-likeness (QED) is 0.0993. The number of ether oxygens (including phenoxy) is 2. The van der Waals surface area contributed by atoms with E-state index in [2.05, 4.69) is 169 Å². The van der Waals surface area contributed by atoms with E-state index in [0.717, 1.165) is 6.42 Å². The van der Waals surface area contributed by atoms with E-state index in [1.807, 2.05) is 6.07 Å². The van der Waals surface area contributed by atoms with Gasteiger partial charge in [-0.2, -0.15) is 0 Å². The Labute approximate surface area is 289 Å². The molecular formula is C38H55IO4Si2. The Morgan fingerprint density at radius 3 is 1.80 bits per heavy atom. The maximum Gasteiger partial charge on any atom is 0.261 e. The number of hydrogen-bond acceptors (Lipinski definition) is 4. The lowest BCUT2D eigenvalue weighted by atomic mass is 10.0. The van der Waals surface area contributed by atoms with Crippen molar-refractivity contribution in [3.63, 3.8) is 0 Å². The third-order valence-corrected chi connectivity index (χ3v) is 21.2. The first-order valence-corrected chi connectivity index (χ1v) is 22.6. The van der Waals surface area contributed by atoms with Crippen LogP contribution < -0.4 is 10.4 Å². The predicted molar refractivity (Wildman–Crippen MR) is 202 cm³/mol. The van der Waals surface area contributed by atoms with Gasteiger partial charge in [0.1, 0.15) is 0 Å². The standard InChI is InChI=1S/C38H55IO4Si2/c1-29(26-40-27-30-19-13-10-14-20-30)35(39)36-34(43-44(8,9)37(2,3)4)25-31(42-36)28-41-45(38(5,6)7,32-21-15-11-16-22-32)33-23-17-12-18-24-33/h10-24,29,31,34-36H,25-28H2,1-9H3/t29-,31-,34+,35+,36-/m1/s1. The van der Waals surface area contributed by atoms with E-state index < -0.39 is 16.6 Å². The first-order chi connectivity index (χ1) is 21.2. The number of rotatable bonds is 13. The molecule has 7 heteroatoms. The summed E-state index contributed by atoms with van der Waals surface area (Å²) in [6.07, 6.45) is 0.799. The van der Waals surface area contributed by atoms with Crippen LogP contribution in [0.1, 0.15) is 60.5 Å². The van der Waals surface area contributed by atoms with Gasteiger partial charge < -0.3 is 18.3 Å². The lowest BCUT2D eigenvalue weighted by Crippen LogP contribution is -2.67. The average Bonchev–Trinajstić information content (AvgIpc) is 3.39. The number of hydrogen-bond donors (Lipinski definition) is 0. The third-order valence-electron chi connectivity index (χ3n) is 9.72. The summed E-state index contributed by atoms with van der Waals surface area (Å²) in [6, 6.07) is 32.2. The summed E-state index contributed by atoms with van der Waals surface area (Å²) >= 11 is 2.60. The predicted octanol–water partition coefficient (Wildman–Crippen LogP) is 8.77. The van der Waals surface area contributed by atoms with Crippen LogP contribution in [-0.2, 0) is 24.9 Å². The summed E-state index contributed by atoms with van der Waals surface area (Å²) in [5.41, 5.74) is 1.20. The highest BCUT2D eigenvalue weighted by atomic mass is 127. The molecule has 1 aliphatic rings. The zero-order valence-electron chi connectivity index (χ0n) is 28.9. The smallest absolute Gasteiger partial charge is 0.261 e. The first-order valence-electron chi connectivity index (χ1n) is 16.5. The van der Waals surface area contributed by atoms with Crippen LogP contribution in [0.3, 0.4) is 0 Å². The van der Waals surface area contributed by atoms with E-state index in [9.17, 15) is 0 Å². The topological polar surface area (TPSA) is 36.9 Å². The normalized spacial score (nSPS) is 21.1. The Morgan fingerprint density at radius 1 is 0.800 bits per heavy atom. The summed E-state index contributed by atoms with van der Waals surface area (Å²) in [7, 11) is -4.70. The van der Waals surface area contributed by atoms with Crippen LogP contribution in [0.2, 0.25) is 23.2 Å². The highest BCUT2D eigenvalue weighted by Gasteiger charge is 2.52. The minimum absolute atomic E-state index is 0.0251. The fraction of sp³-hybridized carbons (Fsp3) is 0.526. The summed E-state index contributed by atoms with van der Waals surface area (Å²) in [6.45, 7) is 22.8. The molecule has 1 saturated heterocycles. The van der Waals surface area contributed by atoms with Crippen molar-refractivity contribution in [1.82, 2.24) is 0 Å². The van der Waals surface area contributed by atoms with E-state index >= 15 is 0 Å². The SMILES string of the molecule is C[C@H](COCc1ccccc1)[C@H](I)[C@@H]1O[C@@H](CO[Si](c2ccccc2)(c2ccccc2)C(C)(C)C)C[C@@H]1O[Si](C)(C)C(C)(C)C. The van der Waals surface area contributed by atoms with Crippen molar-refractivity contribution in [2.24, 2.45) is 5.92 Å². The molecule has 0 spiro atoms. The molecule has 0 bridgehead atoms. The number of halogens is 1. The lowest BCUT2D eigenvalue weighted by Gasteiger charge is -2.43. The molecule has 0 N–H and O–H groups in total. The molecule has 4 nitrogen and oxygen atoms in total. The highest BCUT2D eigenvalue weighted by molar-refractivity contribution is 14.1. The van der Waals surface area contributed by atoms with E-state index in [0.29, 0.717) is 25.7 Å². The molecule has 0 amide bonds. The van der Waals surface area contributed by atoms with E-state index in [1.165, 1.54) is 15.9 Å². The van der Waals surface area contributed by atoms with Crippen LogP contribution in [0.15, 0.2) is 91.0 Å². The minimum Gasteiger partial charge on any atom is -0.411 e. The maximum absolute atomic E-state index is 7.34. The summed E-state index contributed by atoms with van der Waals surface area (Å²) in [4.78, 5) is 0. The maximum atomic E-state index is 7.34. The van der Waals surface area contributed by atoms with Crippen LogP contribution in [0.5, 0.6) is 0 Å². The van der Waals surface area contributed by atoms with Crippen LogP contribution in [0, 0.1) is 5.92 Å². The molecule has 4 rings (SSSR count). The highest BCUT2D eigenvalue weighted by Crippen LogP contribution is 2.42. The van der Waals surface area contributed by atoms with Crippen molar-refractivity contribution in [1.29, 1.82) is 0 Å². The largest absolute Gasteiger partial charge is 0.411 e. The molecule has 0 aliphatic carbocycles. The van der Waals surface area contributed by atoms with Gasteiger partial charge in [-0.3, -0.25) is 0 Å². The van der Waals surface area contributed by atoms with Gasteiger partial charge in [0.2, 0.25) is 0 Å². The van der Waals surface area contributed by atoms with Crippen molar-refractivity contribution in [2.75, 3.05) is 13.2 Å². The monoisotopic (exact) mass is 758 g/mol. The van der Waals surface area contributed by atoms with Crippen LogP contribution in [0.4, 0.5) is 0 Å². The molecule has 5 atom stereocenters. The van der Waals surface area contributed by atoms with Gasteiger partial charge in [0.15, 0.2) is 8.32 Å². The Morgan fingerprint density at radius 2 is 1.31 bits per heavy atom. The molecule has 3 aromatic carbocycles. The van der Waals surface area contributed by atoms with Crippen molar-refractivity contribution in [3.8, 4) is 0 Å².